The Morgan fingerprint density at radius 3 is 2.37 bits per heavy atom. The van der Waals surface area contributed by atoms with Crippen molar-refractivity contribution >= 4 is 45.4 Å². The number of para-hydroxylation sites is 1. The van der Waals surface area contributed by atoms with Gasteiger partial charge < -0.3 is 4.74 Å². The molecule has 1 heterocycles. The van der Waals surface area contributed by atoms with Crippen LogP contribution in [0, 0.1) is 0 Å². The first-order valence-corrected chi connectivity index (χ1v) is 9.48. The number of rotatable bonds is 4. The lowest BCUT2D eigenvalue weighted by molar-refractivity contribution is -0.113. The van der Waals surface area contributed by atoms with Crippen LogP contribution in [-0.2, 0) is 4.79 Å². The summed E-state index contributed by atoms with van der Waals surface area (Å²) in [6.07, 6.45) is 1.78. The van der Waals surface area contributed by atoms with Crippen molar-refractivity contribution in [3.05, 3.63) is 77.2 Å². The first-order chi connectivity index (χ1) is 13.2. The summed E-state index contributed by atoms with van der Waals surface area (Å²) in [5.41, 5.74) is 1.47. The fourth-order valence-electron chi connectivity index (χ4n) is 3.11. The fourth-order valence-corrected chi connectivity index (χ4v) is 3.94. The molecule has 1 aliphatic rings. The van der Waals surface area contributed by atoms with Crippen molar-refractivity contribution in [3.63, 3.8) is 0 Å². The molecule has 0 aliphatic carbocycles. The summed E-state index contributed by atoms with van der Waals surface area (Å²) in [5.74, 6) is 0.511. The molecule has 5 heteroatoms. The Kier molecular flexibility index (Phi) is 4.69. The highest BCUT2D eigenvalue weighted by Gasteiger charge is 2.36. The molecule has 1 saturated heterocycles. The molecule has 0 unspecified atom stereocenters. The minimum Gasteiger partial charge on any atom is -0.493 e. The van der Waals surface area contributed by atoms with Crippen LogP contribution in [-0.4, -0.2) is 17.8 Å². The molecule has 1 fully saturated rings. The van der Waals surface area contributed by atoms with Crippen molar-refractivity contribution in [3.8, 4) is 5.75 Å². The lowest BCUT2D eigenvalue weighted by Gasteiger charge is -2.12. The van der Waals surface area contributed by atoms with Crippen LogP contribution < -0.4 is 9.64 Å². The minimum absolute atomic E-state index is 0.285. The zero-order valence-corrected chi connectivity index (χ0v) is 15.5. The van der Waals surface area contributed by atoms with E-state index in [1.807, 2.05) is 61.5 Å². The number of hydrogen-bond donors (Lipinski definition) is 0. The molecule has 3 aromatic rings. The van der Waals surface area contributed by atoms with Crippen molar-refractivity contribution in [2.24, 2.45) is 0 Å². The molecule has 0 spiro atoms. The zero-order chi connectivity index (χ0) is 18.8. The average molecular weight is 375 g/mol. The van der Waals surface area contributed by atoms with E-state index in [9.17, 15) is 9.59 Å². The number of benzene rings is 3. The molecule has 27 heavy (non-hydrogen) atoms. The standard InChI is InChI=1S/C22H17NO3S/c1-2-26-19-13-12-15(17-10-6-7-11-18(17)19)14-20-21(24)23(22(25)27-20)16-8-4-3-5-9-16/h3-14H,2H2,1H3/b20-14-. The van der Waals surface area contributed by atoms with Gasteiger partial charge in [0.1, 0.15) is 5.75 Å². The number of nitrogens with zero attached hydrogens (tertiary/aromatic N) is 1. The Bertz CT molecular complexity index is 1060. The van der Waals surface area contributed by atoms with E-state index in [0.717, 1.165) is 33.8 Å². The van der Waals surface area contributed by atoms with Gasteiger partial charge in [-0.3, -0.25) is 9.59 Å². The summed E-state index contributed by atoms with van der Waals surface area (Å²) < 4.78 is 5.70. The highest BCUT2D eigenvalue weighted by Crippen LogP contribution is 2.37. The van der Waals surface area contributed by atoms with Gasteiger partial charge in [-0.1, -0.05) is 48.5 Å². The molecule has 0 aromatic heterocycles. The third-order valence-electron chi connectivity index (χ3n) is 4.31. The highest BCUT2D eigenvalue weighted by atomic mass is 32.2. The van der Waals surface area contributed by atoms with Crippen molar-refractivity contribution in [2.75, 3.05) is 11.5 Å². The molecule has 0 N–H and O–H groups in total. The maximum absolute atomic E-state index is 12.8. The first-order valence-electron chi connectivity index (χ1n) is 8.66. The summed E-state index contributed by atoms with van der Waals surface area (Å²) in [7, 11) is 0. The molecule has 4 rings (SSSR count). The number of ether oxygens (including phenoxy) is 1. The van der Waals surface area contributed by atoms with E-state index >= 15 is 0 Å². The van der Waals surface area contributed by atoms with Gasteiger partial charge in [0.05, 0.1) is 17.2 Å². The van der Waals surface area contributed by atoms with Crippen molar-refractivity contribution in [1.29, 1.82) is 0 Å². The van der Waals surface area contributed by atoms with Crippen LogP contribution in [0.3, 0.4) is 0 Å². The van der Waals surface area contributed by atoms with Gasteiger partial charge in [0.15, 0.2) is 0 Å². The molecule has 134 valence electrons. The number of amides is 2. The molecule has 0 radical (unpaired) electrons. The molecular weight excluding hydrogens is 358 g/mol. The number of anilines is 1. The number of imide groups is 1. The largest absolute Gasteiger partial charge is 0.493 e. The topological polar surface area (TPSA) is 46.6 Å². The second-order valence-corrected chi connectivity index (χ2v) is 6.98. The van der Waals surface area contributed by atoms with Gasteiger partial charge in [-0.15, -0.1) is 0 Å². The monoisotopic (exact) mass is 375 g/mol. The van der Waals surface area contributed by atoms with Gasteiger partial charge in [-0.05, 0) is 53.9 Å². The molecule has 3 aromatic carbocycles. The zero-order valence-electron chi connectivity index (χ0n) is 14.7. The smallest absolute Gasteiger partial charge is 0.298 e. The second kappa shape index (κ2) is 7.29. The Balaban J connectivity index is 1.75. The molecule has 2 amide bonds. The number of carbonyl (C=O) groups excluding carboxylic acids is 2. The normalized spacial score (nSPS) is 15.7. The molecule has 0 saturated carbocycles. The maximum Gasteiger partial charge on any atom is 0.298 e. The van der Waals surface area contributed by atoms with Gasteiger partial charge in [-0.2, -0.15) is 0 Å². The number of thioether (sulfide) groups is 1. The first kappa shape index (κ1) is 17.4. The van der Waals surface area contributed by atoms with Crippen molar-refractivity contribution in [2.45, 2.75) is 6.92 Å². The Morgan fingerprint density at radius 1 is 0.926 bits per heavy atom. The summed E-state index contributed by atoms with van der Waals surface area (Å²) in [6.45, 7) is 2.53. The quantitative estimate of drug-likeness (QED) is 0.567. The predicted molar refractivity (Wildman–Crippen MR) is 110 cm³/mol. The van der Waals surface area contributed by atoms with E-state index in [2.05, 4.69) is 0 Å². The van der Waals surface area contributed by atoms with Crippen LogP contribution in [0.2, 0.25) is 0 Å². The van der Waals surface area contributed by atoms with E-state index in [4.69, 9.17) is 4.74 Å². The number of fused-ring (bicyclic) bond motifs is 1. The number of hydrogen-bond acceptors (Lipinski definition) is 4. The van der Waals surface area contributed by atoms with E-state index in [0.29, 0.717) is 17.2 Å². The third-order valence-corrected chi connectivity index (χ3v) is 5.18. The SMILES string of the molecule is CCOc1ccc(/C=C2\SC(=O)N(c3ccccc3)C2=O)c2ccccc12. The Labute approximate surface area is 161 Å². The van der Waals surface area contributed by atoms with Crippen LogP contribution >= 0.6 is 11.8 Å². The van der Waals surface area contributed by atoms with E-state index in [1.165, 1.54) is 4.90 Å². The van der Waals surface area contributed by atoms with Crippen LogP contribution in [0.5, 0.6) is 5.75 Å². The van der Waals surface area contributed by atoms with Crippen molar-refractivity contribution in [1.82, 2.24) is 0 Å². The molecular formula is C22H17NO3S. The Morgan fingerprint density at radius 2 is 1.63 bits per heavy atom. The van der Waals surface area contributed by atoms with Crippen LogP contribution in [0.25, 0.3) is 16.8 Å². The average Bonchev–Trinajstić information content (AvgIpc) is 2.98. The van der Waals surface area contributed by atoms with Crippen LogP contribution in [0.1, 0.15) is 12.5 Å². The fraction of sp³-hybridized carbons (Fsp3) is 0.0909. The van der Waals surface area contributed by atoms with Gasteiger partial charge in [-0.25, -0.2) is 4.90 Å². The lowest BCUT2D eigenvalue weighted by atomic mass is 10.0. The van der Waals surface area contributed by atoms with Crippen LogP contribution in [0.15, 0.2) is 71.6 Å². The third kappa shape index (κ3) is 3.22. The summed E-state index contributed by atoms with van der Waals surface area (Å²) in [5, 5.41) is 1.68. The van der Waals surface area contributed by atoms with Gasteiger partial charge in [0.25, 0.3) is 11.1 Å². The second-order valence-electron chi connectivity index (χ2n) is 5.98. The maximum atomic E-state index is 12.8. The summed E-state index contributed by atoms with van der Waals surface area (Å²) in [6, 6.07) is 20.7. The minimum atomic E-state index is -0.297. The Hall–Kier alpha value is -3.05. The molecule has 1 aliphatic heterocycles. The van der Waals surface area contributed by atoms with E-state index in [-0.39, 0.29) is 11.1 Å². The number of carbonyl (C=O) groups is 2. The molecule has 0 atom stereocenters. The molecule has 4 nitrogen and oxygen atoms in total. The summed E-state index contributed by atoms with van der Waals surface area (Å²) >= 11 is 0.962. The molecule has 0 bridgehead atoms. The van der Waals surface area contributed by atoms with E-state index in [1.54, 1.807) is 18.2 Å². The van der Waals surface area contributed by atoms with E-state index < -0.39 is 0 Å². The van der Waals surface area contributed by atoms with Gasteiger partial charge in [0, 0.05) is 5.39 Å². The van der Waals surface area contributed by atoms with Crippen molar-refractivity contribution < 1.29 is 14.3 Å². The predicted octanol–water partition coefficient (Wildman–Crippen LogP) is 5.48. The van der Waals surface area contributed by atoms with Crippen LogP contribution in [0.4, 0.5) is 10.5 Å². The lowest BCUT2D eigenvalue weighted by Crippen LogP contribution is -2.27. The van der Waals surface area contributed by atoms with Gasteiger partial charge in [0.2, 0.25) is 0 Å². The summed E-state index contributed by atoms with van der Waals surface area (Å²) in [4.78, 5) is 26.8. The highest BCUT2D eigenvalue weighted by molar-refractivity contribution is 8.19. The van der Waals surface area contributed by atoms with Gasteiger partial charge >= 0.3 is 0 Å².